The fraction of sp³-hybridized carbons (Fsp3) is 0.200. The van der Waals surface area contributed by atoms with Gasteiger partial charge in [-0.3, -0.25) is 4.79 Å². The second-order valence-corrected chi connectivity index (χ2v) is 4.91. The summed E-state index contributed by atoms with van der Waals surface area (Å²) in [5.41, 5.74) is 5.27. The van der Waals surface area contributed by atoms with Gasteiger partial charge in [0.05, 0.1) is 6.26 Å². The molecule has 0 saturated carbocycles. The third-order valence-electron chi connectivity index (χ3n) is 1.03. The Morgan fingerprint density at radius 3 is 2.69 bits per heavy atom. The average Bonchev–Trinajstić information content (AvgIpc) is 2.31. The molecule has 0 atom stereocenters. The maximum Gasteiger partial charge on any atom is 0.284 e. The number of nitrogens with two attached hydrogens (primary N) is 1. The molecule has 1 rings (SSSR count). The summed E-state index contributed by atoms with van der Waals surface area (Å²) < 4.78 is 23.0. The van der Waals surface area contributed by atoms with Crippen LogP contribution in [0.15, 0.2) is 5.38 Å². The lowest BCUT2D eigenvalue weighted by molar-refractivity contribution is 0.0977. The molecule has 0 radical (unpaired) electrons. The van der Waals surface area contributed by atoms with Crippen molar-refractivity contribution in [1.29, 1.82) is 0 Å². The van der Waals surface area contributed by atoms with Crippen LogP contribution in [0.4, 0.5) is 5.13 Å². The molecule has 0 fully saturated rings. The minimum Gasteiger partial charge on any atom is -0.375 e. The van der Waals surface area contributed by atoms with Gasteiger partial charge in [0.1, 0.15) is 5.69 Å². The van der Waals surface area contributed by atoms with E-state index < -0.39 is 15.9 Å². The van der Waals surface area contributed by atoms with Crippen LogP contribution in [0.2, 0.25) is 0 Å². The van der Waals surface area contributed by atoms with Crippen LogP contribution in [0.1, 0.15) is 10.5 Å². The number of rotatable bonds is 2. The number of nitrogen functional groups attached to an aromatic ring is 1. The third kappa shape index (κ3) is 2.99. The van der Waals surface area contributed by atoms with Crippen LogP contribution in [-0.2, 0) is 10.0 Å². The van der Waals surface area contributed by atoms with Gasteiger partial charge in [0.2, 0.25) is 10.0 Å². The third-order valence-corrected chi connectivity index (χ3v) is 2.26. The van der Waals surface area contributed by atoms with Gasteiger partial charge in [-0.05, 0) is 0 Å². The predicted octanol–water partition coefficient (Wildman–Crippen LogP) is -0.585. The van der Waals surface area contributed by atoms with Gasteiger partial charge >= 0.3 is 0 Å². The van der Waals surface area contributed by atoms with Crippen LogP contribution in [-0.4, -0.2) is 25.6 Å². The zero-order valence-electron chi connectivity index (χ0n) is 6.64. The van der Waals surface area contributed by atoms with Crippen LogP contribution in [0.3, 0.4) is 0 Å². The van der Waals surface area contributed by atoms with E-state index in [0.717, 1.165) is 17.6 Å². The molecule has 0 aliphatic heterocycles. The van der Waals surface area contributed by atoms with E-state index in [9.17, 15) is 13.2 Å². The smallest absolute Gasteiger partial charge is 0.284 e. The van der Waals surface area contributed by atoms with E-state index in [1.807, 2.05) is 0 Å². The first-order valence-corrected chi connectivity index (χ1v) is 5.89. The van der Waals surface area contributed by atoms with E-state index in [0.29, 0.717) is 0 Å². The number of hydrogen-bond acceptors (Lipinski definition) is 6. The molecule has 72 valence electrons. The second-order valence-electron chi connectivity index (χ2n) is 2.27. The second kappa shape index (κ2) is 3.30. The Hall–Kier alpha value is -1.15. The number of hydrogen-bond donors (Lipinski definition) is 2. The fourth-order valence-electron chi connectivity index (χ4n) is 0.613. The fourth-order valence-corrected chi connectivity index (χ4v) is 1.60. The first kappa shape index (κ1) is 9.93. The van der Waals surface area contributed by atoms with Gasteiger partial charge in [0, 0.05) is 5.38 Å². The SMILES string of the molecule is CS(=O)(=O)NC(=O)c1csc(N)n1. The first-order valence-electron chi connectivity index (χ1n) is 3.11. The van der Waals surface area contributed by atoms with Gasteiger partial charge in [0.25, 0.3) is 5.91 Å². The average molecular weight is 221 g/mol. The highest BCUT2D eigenvalue weighted by atomic mass is 32.2. The molecule has 1 aromatic rings. The minimum absolute atomic E-state index is 0.00734. The molecular formula is C5H7N3O3S2. The van der Waals surface area contributed by atoms with E-state index in [1.165, 1.54) is 5.38 Å². The van der Waals surface area contributed by atoms with Crippen molar-refractivity contribution in [2.45, 2.75) is 0 Å². The van der Waals surface area contributed by atoms with Crippen molar-refractivity contribution in [3.8, 4) is 0 Å². The molecule has 0 aliphatic carbocycles. The minimum atomic E-state index is -3.54. The summed E-state index contributed by atoms with van der Waals surface area (Å²) in [5.74, 6) is -0.768. The highest BCUT2D eigenvalue weighted by Gasteiger charge is 2.13. The van der Waals surface area contributed by atoms with Crippen LogP contribution in [0.25, 0.3) is 0 Å². The molecule has 1 aromatic heterocycles. The summed E-state index contributed by atoms with van der Waals surface area (Å²) in [4.78, 5) is 14.7. The summed E-state index contributed by atoms with van der Waals surface area (Å²) in [6, 6.07) is 0. The Labute approximate surface area is 78.8 Å². The molecule has 6 nitrogen and oxygen atoms in total. The molecule has 3 N–H and O–H groups in total. The van der Waals surface area contributed by atoms with Crippen LogP contribution < -0.4 is 10.5 Å². The van der Waals surface area contributed by atoms with Crippen LogP contribution in [0.5, 0.6) is 0 Å². The Morgan fingerprint density at radius 2 is 2.31 bits per heavy atom. The van der Waals surface area contributed by atoms with Crippen molar-refractivity contribution in [3.05, 3.63) is 11.1 Å². The van der Waals surface area contributed by atoms with Crippen molar-refractivity contribution in [1.82, 2.24) is 9.71 Å². The quantitative estimate of drug-likeness (QED) is 0.695. The van der Waals surface area contributed by atoms with Crippen LogP contribution >= 0.6 is 11.3 Å². The number of amides is 1. The Morgan fingerprint density at radius 1 is 1.69 bits per heavy atom. The number of nitrogens with one attached hydrogen (secondary N) is 1. The summed E-state index contributed by atoms with van der Waals surface area (Å²) in [5, 5.41) is 1.61. The monoisotopic (exact) mass is 221 g/mol. The molecule has 0 aliphatic rings. The zero-order chi connectivity index (χ0) is 10.1. The molecule has 0 saturated heterocycles. The normalized spacial score (nSPS) is 11.2. The van der Waals surface area contributed by atoms with Crippen LogP contribution in [0, 0.1) is 0 Å². The summed E-state index contributed by atoms with van der Waals surface area (Å²) in [6.45, 7) is 0. The summed E-state index contributed by atoms with van der Waals surface area (Å²) >= 11 is 1.07. The van der Waals surface area contributed by atoms with Crippen molar-refractivity contribution in [2.24, 2.45) is 0 Å². The summed E-state index contributed by atoms with van der Waals surface area (Å²) in [6.07, 6.45) is 0.890. The van der Waals surface area contributed by atoms with Crippen molar-refractivity contribution in [3.63, 3.8) is 0 Å². The molecule has 13 heavy (non-hydrogen) atoms. The maximum atomic E-state index is 11.1. The number of nitrogens with zero attached hydrogens (tertiary/aromatic N) is 1. The number of aromatic nitrogens is 1. The van der Waals surface area contributed by atoms with Gasteiger partial charge in [-0.15, -0.1) is 11.3 Å². The number of thiazole rings is 1. The molecule has 0 aromatic carbocycles. The predicted molar refractivity (Wildman–Crippen MR) is 48.8 cm³/mol. The zero-order valence-corrected chi connectivity index (χ0v) is 8.28. The molecule has 0 bridgehead atoms. The first-order chi connectivity index (χ1) is 5.88. The van der Waals surface area contributed by atoms with E-state index in [1.54, 1.807) is 4.72 Å². The van der Waals surface area contributed by atoms with Gasteiger partial charge < -0.3 is 5.73 Å². The lowest BCUT2D eigenvalue weighted by atomic mass is 10.5. The molecular weight excluding hydrogens is 214 g/mol. The highest BCUT2D eigenvalue weighted by molar-refractivity contribution is 7.89. The number of anilines is 1. The lowest BCUT2D eigenvalue weighted by Crippen LogP contribution is -2.29. The number of carbonyl (C=O) groups is 1. The Bertz CT molecular complexity index is 422. The lowest BCUT2D eigenvalue weighted by Gasteiger charge is -1.97. The topological polar surface area (TPSA) is 102 Å². The van der Waals surface area contributed by atoms with Gasteiger partial charge in [-0.1, -0.05) is 0 Å². The molecule has 0 spiro atoms. The van der Waals surface area contributed by atoms with Crippen molar-refractivity contribution >= 4 is 32.4 Å². The molecule has 8 heteroatoms. The van der Waals surface area contributed by atoms with Crippen molar-refractivity contribution in [2.75, 3.05) is 12.0 Å². The standard InChI is InChI=1S/C5H7N3O3S2/c1-13(10,11)8-4(9)3-2-12-5(6)7-3/h2H,1H3,(H2,6,7)(H,8,9). The Balaban J connectivity index is 2.81. The van der Waals surface area contributed by atoms with Crippen molar-refractivity contribution < 1.29 is 13.2 Å². The summed E-state index contributed by atoms with van der Waals surface area (Å²) in [7, 11) is -3.54. The molecule has 1 amide bonds. The highest BCUT2D eigenvalue weighted by Crippen LogP contribution is 2.10. The largest absolute Gasteiger partial charge is 0.375 e. The maximum absolute atomic E-state index is 11.1. The van der Waals surface area contributed by atoms with E-state index >= 15 is 0 Å². The molecule has 1 heterocycles. The Kier molecular flexibility index (Phi) is 2.52. The van der Waals surface area contributed by atoms with E-state index in [2.05, 4.69) is 4.98 Å². The van der Waals surface area contributed by atoms with Gasteiger partial charge in [-0.2, -0.15) is 0 Å². The molecule has 0 unspecified atom stereocenters. The number of sulfonamides is 1. The van der Waals surface area contributed by atoms with Gasteiger partial charge in [-0.25, -0.2) is 18.1 Å². The van der Waals surface area contributed by atoms with E-state index in [4.69, 9.17) is 5.73 Å². The number of carbonyl (C=O) groups excluding carboxylic acids is 1. The van der Waals surface area contributed by atoms with Gasteiger partial charge in [0.15, 0.2) is 5.13 Å². The van der Waals surface area contributed by atoms with E-state index in [-0.39, 0.29) is 10.8 Å².